The first-order valence-electron chi connectivity index (χ1n) is 7.55. The van der Waals surface area contributed by atoms with Crippen molar-refractivity contribution in [2.24, 2.45) is 0 Å². The van der Waals surface area contributed by atoms with Gasteiger partial charge in [0.1, 0.15) is 5.69 Å². The van der Waals surface area contributed by atoms with Crippen molar-refractivity contribution < 1.29 is 4.79 Å². The van der Waals surface area contributed by atoms with Gasteiger partial charge in [-0.05, 0) is 24.9 Å². The molecule has 118 valence electrons. The highest BCUT2D eigenvalue weighted by molar-refractivity contribution is 6.28. The third-order valence-electron chi connectivity index (χ3n) is 3.02. The molecule has 6 nitrogen and oxygen atoms in total. The third kappa shape index (κ3) is 4.20. The molecule has 0 saturated heterocycles. The Kier molecular flexibility index (Phi) is 7.22. The minimum atomic E-state index is -0.155. The minimum Gasteiger partial charge on any atom is -0.302 e. The van der Waals surface area contributed by atoms with Gasteiger partial charge < -0.3 is 5.32 Å². The lowest BCUT2D eigenvalue weighted by molar-refractivity contribution is 0.205. The first kappa shape index (κ1) is 17.5. The molecule has 0 atom stereocenters. The molecule has 0 bridgehead atoms. The molecule has 2 heterocycles. The summed E-state index contributed by atoms with van der Waals surface area (Å²) in [5.41, 5.74) is 0.607. The van der Waals surface area contributed by atoms with Crippen LogP contribution in [0.15, 0.2) is 6.20 Å². The third-order valence-corrected chi connectivity index (χ3v) is 3.21. The van der Waals surface area contributed by atoms with Crippen LogP contribution < -0.4 is 10.3 Å². The Morgan fingerprint density at radius 2 is 1.95 bits per heavy atom. The number of hydrazine groups is 1. The summed E-state index contributed by atoms with van der Waals surface area (Å²) in [7, 11) is 0. The van der Waals surface area contributed by atoms with E-state index < -0.39 is 0 Å². The second-order valence-corrected chi connectivity index (χ2v) is 4.69. The Balaban J connectivity index is 0.00000106. The molecule has 0 radical (unpaired) electrons. The number of anilines is 2. The summed E-state index contributed by atoms with van der Waals surface area (Å²) < 4.78 is 0. The molecule has 0 spiro atoms. The zero-order valence-electron chi connectivity index (χ0n) is 13.2. The largest absolute Gasteiger partial charge is 0.340 e. The quantitative estimate of drug-likeness (QED) is 0.660. The normalized spacial score (nSPS) is 13.3. The number of hydrogen-bond donors (Lipinski definition) is 1. The van der Waals surface area contributed by atoms with Crippen LogP contribution in [0.25, 0.3) is 0 Å². The summed E-state index contributed by atoms with van der Waals surface area (Å²) in [6.07, 6.45) is 4.79. The number of carbonyl (C=O) groups is 1. The molecule has 1 aromatic rings. The second-order valence-electron chi connectivity index (χ2n) is 4.35. The van der Waals surface area contributed by atoms with Crippen molar-refractivity contribution in [3.05, 3.63) is 11.5 Å². The van der Waals surface area contributed by atoms with Crippen LogP contribution in [0, 0.1) is 0 Å². The van der Waals surface area contributed by atoms with Crippen molar-refractivity contribution in [2.75, 3.05) is 23.4 Å². The Labute approximate surface area is 131 Å². The van der Waals surface area contributed by atoms with Crippen molar-refractivity contribution in [2.45, 2.75) is 47.0 Å². The maximum absolute atomic E-state index is 12.0. The molecule has 1 N–H and O–H groups in total. The van der Waals surface area contributed by atoms with Crippen molar-refractivity contribution >= 4 is 29.1 Å². The standard InChI is InChI=1S/C12H18ClN5O.C2H6/c1-3-5-6-7-18-10-9(8-14-11(13)16-10)15-12(19)17(18)4-2;1-2/h8H,3-7H2,1-2H3,(H,15,19);1-2H3. The van der Waals surface area contributed by atoms with Crippen LogP contribution in [0.3, 0.4) is 0 Å². The first-order valence-corrected chi connectivity index (χ1v) is 7.93. The number of halogens is 1. The topological polar surface area (TPSA) is 61.4 Å². The van der Waals surface area contributed by atoms with Crippen molar-refractivity contribution in [1.29, 1.82) is 0 Å². The minimum absolute atomic E-state index is 0.155. The Bertz CT molecular complexity index is 469. The molecule has 2 amide bonds. The van der Waals surface area contributed by atoms with E-state index in [9.17, 15) is 4.79 Å². The number of rotatable bonds is 5. The summed E-state index contributed by atoms with van der Waals surface area (Å²) in [5, 5.41) is 6.48. The van der Waals surface area contributed by atoms with Gasteiger partial charge in [-0.15, -0.1) is 0 Å². The fraction of sp³-hybridized carbons (Fsp3) is 0.643. The Morgan fingerprint density at radius 3 is 2.57 bits per heavy atom. The Hall–Kier alpha value is -1.56. The number of unbranched alkanes of at least 4 members (excludes halogenated alkanes) is 2. The summed E-state index contributed by atoms with van der Waals surface area (Å²) >= 11 is 5.85. The highest BCUT2D eigenvalue weighted by atomic mass is 35.5. The van der Waals surface area contributed by atoms with Crippen LogP contribution in [0.5, 0.6) is 0 Å². The maximum atomic E-state index is 12.0. The van der Waals surface area contributed by atoms with E-state index in [0.717, 1.165) is 25.8 Å². The molecular weight excluding hydrogens is 290 g/mol. The van der Waals surface area contributed by atoms with Crippen molar-refractivity contribution in [1.82, 2.24) is 15.0 Å². The van der Waals surface area contributed by atoms with Crippen LogP contribution in [-0.4, -0.2) is 34.1 Å². The van der Waals surface area contributed by atoms with Crippen molar-refractivity contribution in [3.63, 3.8) is 0 Å². The lowest BCUT2D eigenvalue weighted by Crippen LogP contribution is -2.52. The molecular formula is C14H24ClN5O. The Morgan fingerprint density at radius 1 is 1.24 bits per heavy atom. The van der Waals surface area contributed by atoms with Gasteiger partial charge in [-0.2, -0.15) is 4.98 Å². The van der Waals surface area contributed by atoms with E-state index in [1.165, 1.54) is 0 Å². The van der Waals surface area contributed by atoms with Crippen molar-refractivity contribution in [3.8, 4) is 0 Å². The zero-order valence-corrected chi connectivity index (χ0v) is 13.9. The van der Waals surface area contributed by atoms with E-state index in [1.54, 1.807) is 11.2 Å². The molecule has 21 heavy (non-hydrogen) atoms. The molecule has 0 saturated carbocycles. The maximum Gasteiger partial charge on any atom is 0.340 e. The van der Waals surface area contributed by atoms with Crippen LogP contribution in [-0.2, 0) is 0 Å². The van der Waals surface area contributed by atoms with Gasteiger partial charge >= 0.3 is 6.03 Å². The summed E-state index contributed by atoms with van der Waals surface area (Å²) in [5.74, 6) is 0.664. The van der Waals surface area contributed by atoms with Gasteiger partial charge in [0.2, 0.25) is 5.28 Å². The van der Waals surface area contributed by atoms with E-state index in [2.05, 4.69) is 22.2 Å². The summed E-state index contributed by atoms with van der Waals surface area (Å²) in [6.45, 7) is 9.40. The molecule has 2 rings (SSSR count). The molecule has 1 aliphatic rings. The lowest BCUT2D eigenvalue weighted by Gasteiger charge is -2.39. The van der Waals surface area contributed by atoms with E-state index in [4.69, 9.17) is 11.6 Å². The number of carbonyl (C=O) groups excluding carboxylic acids is 1. The highest BCUT2D eigenvalue weighted by Crippen LogP contribution is 2.30. The van der Waals surface area contributed by atoms with Gasteiger partial charge in [-0.1, -0.05) is 33.6 Å². The van der Waals surface area contributed by atoms with Crippen LogP contribution in [0.4, 0.5) is 16.3 Å². The molecule has 0 aliphatic carbocycles. The predicted octanol–water partition coefficient (Wildman–Crippen LogP) is 3.94. The number of aromatic nitrogens is 2. The number of hydrogen-bond acceptors (Lipinski definition) is 4. The monoisotopic (exact) mass is 313 g/mol. The molecule has 1 aromatic heterocycles. The van der Waals surface area contributed by atoms with E-state index >= 15 is 0 Å². The summed E-state index contributed by atoms with van der Waals surface area (Å²) in [6, 6.07) is -0.155. The second kappa shape index (κ2) is 8.67. The number of urea groups is 1. The SMILES string of the molecule is CC.CCCCCN1c2nc(Cl)ncc2NC(=O)N1CC. The van der Waals surface area contributed by atoms with Gasteiger partial charge in [-0.25, -0.2) is 14.8 Å². The number of nitrogens with one attached hydrogen (secondary N) is 1. The molecule has 7 heteroatoms. The predicted molar refractivity (Wildman–Crippen MR) is 86.7 cm³/mol. The van der Waals surface area contributed by atoms with Crippen LogP contribution in [0.1, 0.15) is 47.0 Å². The van der Waals surface area contributed by atoms with Gasteiger partial charge in [-0.3, -0.25) is 5.01 Å². The average molecular weight is 314 g/mol. The number of amides is 2. The first-order chi connectivity index (χ1) is 10.2. The van der Waals surface area contributed by atoms with Crippen LogP contribution >= 0.6 is 11.6 Å². The van der Waals surface area contributed by atoms with Gasteiger partial charge in [0, 0.05) is 13.1 Å². The summed E-state index contributed by atoms with van der Waals surface area (Å²) in [4.78, 5) is 20.1. The number of fused-ring (bicyclic) bond motifs is 1. The average Bonchev–Trinajstić information content (AvgIpc) is 2.50. The smallest absolute Gasteiger partial charge is 0.302 e. The van der Waals surface area contributed by atoms with E-state index in [0.29, 0.717) is 18.1 Å². The van der Waals surface area contributed by atoms with Gasteiger partial charge in [0.25, 0.3) is 0 Å². The molecule has 1 aliphatic heterocycles. The fourth-order valence-electron chi connectivity index (χ4n) is 2.09. The fourth-order valence-corrected chi connectivity index (χ4v) is 2.22. The van der Waals surface area contributed by atoms with E-state index in [1.807, 2.05) is 25.8 Å². The lowest BCUT2D eigenvalue weighted by atomic mass is 10.2. The number of nitrogens with zero attached hydrogens (tertiary/aromatic N) is 4. The molecule has 0 aromatic carbocycles. The zero-order chi connectivity index (χ0) is 15.8. The van der Waals surface area contributed by atoms with E-state index in [-0.39, 0.29) is 11.3 Å². The van der Waals surface area contributed by atoms with Gasteiger partial charge in [0.15, 0.2) is 5.82 Å². The van der Waals surface area contributed by atoms with Crippen LogP contribution in [0.2, 0.25) is 5.28 Å². The molecule has 0 unspecified atom stereocenters. The van der Waals surface area contributed by atoms with Gasteiger partial charge in [0.05, 0.1) is 6.20 Å². The molecule has 0 fully saturated rings. The highest BCUT2D eigenvalue weighted by Gasteiger charge is 2.30.